The quantitative estimate of drug-likeness (QED) is 0.634. The summed E-state index contributed by atoms with van der Waals surface area (Å²) in [6.07, 6.45) is 8.10. The Morgan fingerprint density at radius 3 is 2.49 bits per heavy atom. The van der Waals surface area contributed by atoms with Gasteiger partial charge in [0.2, 0.25) is 5.78 Å². The van der Waals surface area contributed by atoms with Crippen molar-refractivity contribution in [1.82, 2.24) is 0 Å². The van der Waals surface area contributed by atoms with Gasteiger partial charge < -0.3 is 20.2 Å². The smallest absolute Gasteiger partial charge is 0.202 e. The summed E-state index contributed by atoms with van der Waals surface area (Å²) in [6, 6.07) is 3.73. The van der Waals surface area contributed by atoms with E-state index in [1.54, 1.807) is 0 Å². The van der Waals surface area contributed by atoms with E-state index >= 15 is 0 Å². The van der Waals surface area contributed by atoms with Crippen molar-refractivity contribution in [3.63, 3.8) is 0 Å². The zero-order valence-corrected chi connectivity index (χ0v) is 20.3. The molecule has 1 aliphatic carbocycles. The lowest BCUT2D eigenvalue weighted by atomic mass is 9.78. The monoisotopic (exact) mass is 472 g/mol. The molecular weight excluding hydrogens is 440 g/mol. The third-order valence-corrected chi connectivity index (χ3v) is 8.07. The lowest BCUT2D eigenvalue weighted by Crippen LogP contribution is -2.35. The minimum atomic E-state index is -0.321. The van der Waals surface area contributed by atoms with Gasteiger partial charge in [0.05, 0.1) is 16.5 Å². The highest BCUT2D eigenvalue weighted by Crippen LogP contribution is 2.47. The van der Waals surface area contributed by atoms with Crippen LogP contribution >= 0.6 is 0 Å². The number of aliphatic hydroxyl groups is 1. The number of allylic oxidation sites excluding steroid dienone is 2. The van der Waals surface area contributed by atoms with Crippen LogP contribution in [0.1, 0.15) is 66.8 Å². The van der Waals surface area contributed by atoms with Gasteiger partial charge in [-0.15, -0.1) is 0 Å². The number of carbonyl (C=O) groups is 1. The molecule has 2 aromatic rings. The molecule has 3 aliphatic heterocycles. The molecule has 0 unspecified atom stereocenters. The molecule has 0 spiro atoms. The minimum Gasteiger partial charge on any atom is -0.507 e. The highest BCUT2D eigenvalue weighted by molar-refractivity contribution is 6.52. The molecule has 0 saturated heterocycles. The van der Waals surface area contributed by atoms with E-state index in [0.29, 0.717) is 17.2 Å². The van der Waals surface area contributed by atoms with E-state index in [1.165, 1.54) is 0 Å². The van der Waals surface area contributed by atoms with Crippen molar-refractivity contribution < 1.29 is 20.1 Å². The van der Waals surface area contributed by atoms with Crippen LogP contribution < -0.4 is 15.5 Å². The Hall–Kier alpha value is -3.28. The van der Waals surface area contributed by atoms with Crippen LogP contribution in [0.5, 0.6) is 11.5 Å². The number of aryl methyl sites for hydroxylation is 2. The molecular formula is C29H32N2O4. The summed E-state index contributed by atoms with van der Waals surface area (Å²) in [5.41, 5.74) is 5.70. The van der Waals surface area contributed by atoms with Crippen LogP contribution in [0.2, 0.25) is 0 Å². The molecule has 4 aliphatic rings. The third-order valence-electron chi connectivity index (χ3n) is 8.07. The van der Waals surface area contributed by atoms with E-state index in [2.05, 4.69) is 16.8 Å². The van der Waals surface area contributed by atoms with Crippen molar-refractivity contribution in [2.75, 3.05) is 24.5 Å². The predicted octanol–water partition coefficient (Wildman–Crippen LogP) is 3.41. The second-order valence-electron chi connectivity index (χ2n) is 10.2. The maximum atomic E-state index is 13.5. The fourth-order valence-electron chi connectivity index (χ4n) is 6.34. The average molecular weight is 473 g/mol. The summed E-state index contributed by atoms with van der Waals surface area (Å²) in [5.74, 6) is -0.289. The Kier molecular flexibility index (Phi) is 5.35. The number of anilines is 1. The number of rotatable bonds is 4. The molecule has 6 heteroatoms. The summed E-state index contributed by atoms with van der Waals surface area (Å²) in [6.45, 7) is 4.86. The number of unbranched alkanes of at least 4 members (excludes halogenated alkanes) is 1. The van der Waals surface area contributed by atoms with E-state index in [-0.39, 0.29) is 34.2 Å². The van der Waals surface area contributed by atoms with Gasteiger partial charge in [0.25, 0.3) is 0 Å². The van der Waals surface area contributed by atoms with Crippen LogP contribution in [0.3, 0.4) is 0 Å². The zero-order valence-electron chi connectivity index (χ0n) is 20.3. The molecule has 0 amide bonds. The maximum Gasteiger partial charge on any atom is 0.202 e. The normalized spacial score (nSPS) is 20.3. The van der Waals surface area contributed by atoms with Gasteiger partial charge in [-0.25, -0.2) is 0 Å². The number of hydrogen-bond acceptors (Lipinski definition) is 6. The molecule has 182 valence electrons. The van der Waals surface area contributed by atoms with Crippen LogP contribution in [0.15, 0.2) is 22.9 Å². The number of aromatic hydroxyl groups is 2. The predicted molar refractivity (Wildman–Crippen MR) is 136 cm³/mol. The number of benzene rings is 2. The number of aliphatic hydroxyl groups excluding tert-OH is 1. The van der Waals surface area contributed by atoms with Gasteiger partial charge in [-0.05, 0) is 74.6 Å². The molecule has 6 nitrogen and oxygen atoms in total. The van der Waals surface area contributed by atoms with Crippen molar-refractivity contribution in [2.45, 2.75) is 64.7 Å². The molecule has 0 saturated carbocycles. The second kappa shape index (κ2) is 8.43. The molecule has 3 heterocycles. The number of nitrogens with zero attached hydrogens (tertiary/aromatic N) is 2. The molecule has 0 atom stereocenters. The number of carbonyl (C=O) groups excluding carboxylic acids is 1. The fraction of sp³-hybridized carbons (Fsp3) is 0.448. The Morgan fingerprint density at radius 1 is 0.943 bits per heavy atom. The summed E-state index contributed by atoms with van der Waals surface area (Å²) in [4.78, 5) is 20.5. The average Bonchev–Trinajstić information content (AvgIpc) is 2.88. The molecule has 3 N–H and O–H groups in total. The molecule has 0 bridgehead atoms. The Labute approximate surface area is 204 Å². The van der Waals surface area contributed by atoms with Gasteiger partial charge in [-0.1, -0.05) is 13.3 Å². The largest absolute Gasteiger partial charge is 0.507 e. The van der Waals surface area contributed by atoms with E-state index in [0.717, 1.165) is 104 Å². The first kappa shape index (κ1) is 22.2. The summed E-state index contributed by atoms with van der Waals surface area (Å²) < 4.78 is 0. The first-order chi connectivity index (χ1) is 17.0. The number of phenols is 2. The van der Waals surface area contributed by atoms with Gasteiger partial charge in [-0.3, -0.25) is 9.79 Å². The van der Waals surface area contributed by atoms with Gasteiger partial charge in [0.1, 0.15) is 17.3 Å². The van der Waals surface area contributed by atoms with E-state index < -0.39 is 0 Å². The lowest BCUT2D eigenvalue weighted by molar-refractivity contribution is -0.110. The Morgan fingerprint density at radius 2 is 1.71 bits per heavy atom. The van der Waals surface area contributed by atoms with Crippen molar-refractivity contribution >= 4 is 22.6 Å². The van der Waals surface area contributed by atoms with Crippen LogP contribution in [0.25, 0.3) is 11.1 Å². The van der Waals surface area contributed by atoms with Crippen LogP contribution in [-0.4, -0.2) is 40.7 Å². The van der Waals surface area contributed by atoms with Gasteiger partial charge in [-0.2, -0.15) is 0 Å². The SMILES string of the molecule is CCCCc1c/c(=C2\C(=O)C(c3cc4c5c(c3O)CCCN5CCC4)=C2O)c(O)c2c1=NCCC2. The Balaban J connectivity index is 1.54. The van der Waals surface area contributed by atoms with Gasteiger partial charge in [0, 0.05) is 47.2 Å². The van der Waals surface area contributed by atoms with Crippen molar-refractivity contribution in [3.8, 4) is 11.5 Å². The molecule has 0 radical (unpaired) electrons. The van der Waals surface area contributed by atoms with E-state index in [1.807, 2.05) is 12.1 Å². The molecule has 2 aromatic carbocycles. The van der Waals surface area contributed by atoms with Crippen LogP contribution in [-0.2, 0) is 30.5 Å². The van der Waals surface area contributed by atoms with Crippen LogP contribution in [0, 0.1) is 0 Å². The number of hydrogen-bond donors (Lipinski definition) is 3. The molecule has 0 fully saturated rings. The molecule has 6 rings (SSSR count). The summed E-state index contributed by atoms with van der Waals surface area (Å²) in [7, 11) is 0. The highest BCUT2D eigenvalue weighted by Gasteiger charge is 2.39. The second-order valence-corrected chi connectivity index (χ2v) is 10.2. The van der Waals surface area contributed by atoms with E-state index in [9.17, 15) is 20.1 Å². The first-order valence-electron chi connectivity index (χ1n) is 13.0. The van der Waals surface area contributed by atoms with Gasteiger partial charge >= 0.3 is 0 Å². The highest BCUT2D eigenvalue weighted by atomic mass is 16.3. The number of ketones is 1. The number of fused-ring (bicyclic) bond motifs is 1. The number of Topliss-reactive ketones (excluding diaryl/α,β-unsaturated/α-hetero) is 1. The zero-order chi connectivity index (χ0) is 24.3. The topological polar surface area (TPSA) is 93.4 Å². The summed E-state index contributed by atoms with van der Waals surface area (Å²) in [5, 5.41) is 34.7. The maximum absolute atomic E-state index is 13.5. The standard InChI is InChI=1S/C29H32N2O4/c1-2-3-7-16-14-20(26(32)18-9-4-11-30-24(16)18)22-28(34)23(29(22)35)21-15-17-8-5-12-31-13-6-10-19(25(17)31)27(21)33/h14-15,32-34H,2-13H2,1H3/b22-20+. The third kappa shape index (κ3) is 3.29. The van der Waals surface area contributed by atoms with Crippen LogP contribution in [0.4, 0.5) is 5.69 Å². The van der Waals surface area contributed by atoms with Crippen molar-refractivity contribution in [1.29, 1.82) is 0 Å². The summed E-state index contributed by atoms with van der Waals surface area (Å²) >= 11 is 0. The van der Waals surface area contributed by atoms with Crippen molar-refractivity contribution in [3.05, 3.63) is 56.3 Å². The fourth-order valence-corrected chi connectivity index (χ4v) is 6.34. The minimum absolute atomic E-state index is 0.0537. The Bertz CT molecular complexity index is 1420. The molecule has 35 heavy (non-hydrogen) atoms. The van der Waals surface area contributed by atoms with Gasteiger partial charge in [0.15, 0.2) is 0 Å². The lowest BCUT2D eigenvalue weighted by Gasteiger charge is -2.38. The first-order valence-corrected chi connectivity index (χ1v) is 13.0. The van der Waals surface area contributed by atoms with E-state index in [4.69, 9.17) is 0 Å². The number of phenolic OH excluding ortho intramolecular Hbond substituents is 2. The van der Waals surface area contributed by atoms with Crippen molar-refractivity contribution in [2.24, 2.45) is 4.99 Å². The molecule has 0 aromatic heterocycles.